The van der Waals surface area contributed by atoms with Crippen molar-refractivity contribution in [3.63, 3.8) is 0 Å². The van der Waals surface area contributed by atoms with E-state index in [2.05, 4.69) is 4.74 Å². The monoisotopic (exact) mass is 225 g/mol. The zero-order valence-corrected chi connectivity index (χ0v) is 8.27. The van der Waals surface area contributed by atoms with Gasteiger partial charge in [-0.2, -0.15) is 5.26 Å². The molecule has 2 N–H and O–H groups in total. The molecular weight excluding hydrogens is 217 g/mol. The lowest BCUT2D eigenvalue weighted by molar-refractivity contribution is -0.150. The van der Waals surface area contributed by atoms with Gasteiger partial charge in [0.1, 0.15) is 6.07 Å². The first-order valence-electron chi connectivity index (χ1n) is 4.19. The van der Waals surface area contributed by atoms with Crippen LogP contribution in [-0.4, -0.2) is 23.3 Å². The Morgan fingerprint density at radius 2 is 2.25 bits per heavy atom. The number of nitrogens with zero attached hydrogens (tertiary/aromatic N) is 1. The second-order valence-electron chi connectivity index (χ2n) is 2.94. The topological polar surface area (TPSA) is 90.6 Å². The zero-order valence-electron chi connectivity index (χ0n) is 8.27. The average Bonchev–Trinajstić information content (AvgIpc) is 2.30. The molecule has 0 spiro atoms. The summed E-state index contributed by atoms with van der Waals surface area (Å²) < 4.78 is 17.3. The van der Waals surface area contributed by atoms with Crippen molar-refractivity contribution in [2.45, 2.75) is 6.10 Å². The highest BCUT2D eigenvalue weighted by Gasteiger charge is 2.21. The predicted octanol–water partition coefficient (Wildman–Crippen LogP) is 0.609. The number of aliphatic hydroxyl groups is 1. The predicted molar refractivity (Wildman–Crippen MR) is 49.8 cm³/mol. The van der Waals surface area contributed by atoms with Crippen LogP contribution in [-0.2, 0) is 9.53 Å². The number of carbonyl (C=O) groups is 1. The maximum atomic E-state index is 13.1. The number of phenolic OH excluding ortho intramolecular Hbond substituents is 1. The lowest BCUT2D eigenvalue weighted by Crippen LogP contribution is -2.13. The molecule has 0 radical (unpaired) electrons. The maximum absolute atomic E-state index is 13.1. The van der Waals surface area contributed by atoms with Crippen molar-refractivity contribution < 1.29 is 24.1 Å². The lowest BCUT2D eigenvalue weighted by atomic mass is 10.1. The van der Waals surface area contributed by atoms with Gasteiger partial charge >= 0.3 is 5.97 Å². The molecule has 1 rings (SSSR count). The summed E-state index contributed by atoms with van der Waals surface area (Å²) in [6.07, 6.45) is -1.69. The van der Waals surface area contributed by atoms with E-state index in [0.29, 0.717) is 0 Å². The molecule has 5 nitrogen and oxygen atoms in total. The first kappa shape index (κ1) is 11.9. The van der Waals surface area contributed by atoms with E-state index in [9.17, 15) is 14.3 Å². The van der Waals surface area contributed by atoms with E-state index in [1.807, 2.05) is 0 Å². The fourth-order valence-corrected chi connectivity index (χ4v) is 1.11. The number of halogens is 1. The molecular formula is C10H8FNO4. The number of ether oxygens (including phenoxy) is 1. The largest absolute Gasteiger partial charge is 0.504 e. The summed E-state index contributed by atoms with van der Waals surface area (Å²) in [6.45, 7) is 0. The van der Waals surface area contributed by atoms with E-state index < -0.39 is 23.6 Å². The van der Waals surface area contributed by atoms with Gasteiger partial charge in [0.15, 0.2) is 17.7 Å². The number of hydrogen-bond donors (Lipinski definition) is 2. The van der Waals surface area contributed by atoms with Crippen LogP contribution in [0.15, 0.2) is 12.1 Å². The van der Waals surface area contributed by atoms with E-state index in [1.165, 1.54) is 6.07 Å². The van der Waals surface area contributed by atoms with Gasteiger partial charge in [-0.05, 0) is 17.7 Å². The highest BCUT2D eigenvalue weighted by molar-refractivity contribution is 5.76. The number of methoxy groups -OCH3 is 1. The van der Waals surface area contributed by atoms with Gasteiger partial charge in [-0.25, -0.2) is 9.18 Å². The van der Waals surface area contributed by atoms with Gasteiger partial charge < -0.3 is 14.9 Å². The summed E-state index contributed by atoms with van der Waals surface area (Å²) >= 11 is 0. The fraction of sp³-hybridized carbons (Fsp3) is 0.200. The second-order valence-corrected chi connectivity index (χ2v) is 2.94. The SMILES string of the molecule is COC(=O)C(O)c1cc(F)c(O)c(C#N)c1. The van der Waals surface area contributed by atoms with Crippen molar-refractivity contribution in [3.05, 3.63) is 29.1 Å². The number of aliphatic hydroxyl groups excluding tert-OH is 1. The molecule has 0 aliphatic heterocycles. The molecule has 0 saturated carbocycles. The Morgan fingerprint density at radius 1 is 1.62 bits per heavy atom. The Bertz CT molecular complexity index is 467. The Labute approximate surface area is 90.3 Å². The fourth-order valence-electron chi connectivity index (χ4n) is 1.11. The minimum absolute atomic E-state index is 0.154. The van der Waals surface area contributed by atoms with Crippen LogP contribution in [0.4, 0.5) is 4.39 Å². The van der Waals surface area contributed by atoms with Crippen LogP contribution in [0.2, 0.25) is 0 Å². The molecule has 0 fully saturated rings. The van der Waals surface area contributed by atoms with E-state index in [1.54, 1.807) is 0 Å². The van der Waals surface area contributed by atoms with E-state index in [-0.39, 0.29) is 11.1 Å². The zero-order chi connectivity index (χ0) is 12.3. The van der Waals surface area contributed by atoms with Gasteiger partial charge in [0.05, 0.1) is 12.7 Å². The van der Waals surface area contributed by atoms with Gasteiger partial charge in [-0.3, -0.25) is 0 Å². The third-order valence-corrected chi connectivity index (χ3v) is 1.95. The first-order valence-corrected chi connectivity index (χ1v) is 4.19. The van der Waals surface area contributed by atoms with Gasteiger partial charge in [0.2, 0.25) is 0 Å². The van der Waals surface area contributed by atoms with E-state index in [0.717, 1.165) is 19.2 Å². The summed E-state index contributed by atoms with van der Waals surface area (Å²) in [5, 5.41) is 27.1. The van der Waals surface area contributed by atoms with Crippen molar-refractivity contribution in [2.24, 2.45) is 0 Å². The van der Waals surface area contributed by atoms with Crippen LogP contribution in [0.3, 0.4) is 0 Å². The summed E-state index contributed by atoms with van der Waals surface area (Å²) in [4.78, 5) is 11.0. The highest BCUT2D eigenvalue weighted by atomic mass is 19.1. The number of carbonyl (C=O) groups excluding carboxylic acids is 1. The molecule has 1 aromatic carbocycles. The molecule has 0 bridgehead atoms. The van der Waals surface area contributed by atoms with Crippen molar-refractivity contribution in [2.75, 3.05) is 7.11 Å². The van der Waals surface area contributed by atoms with Gasteiger partial charge in [-0.1, -0.05) is 0 Å². The number of rotatable bonds is 2. The molecule has 1 unspecified atom stereocenters. The van der Waals surface area contributed by atoms with Crippen molar-refractivity contribution in [1.82, 2.24) is 0 Å². The Morgan fingerprint density at radius 3 is 2.75 bits per heavy atom. The third kappa shape index (κ3) is 2.10. The first-order chi connectivity index (χ1) is 7.51. The van der Waals surface area contributed by atoms with Crippen LogP contribution < -0.4 is 0 Å². The van der Waals surface area contributed by atoms with Crippen molar-refractivity contribution >= 4 is 5.97 Å². The number of nitriles is 1. The smallest absolute Gasteiger partial charge is 0.339 e. The quantitative estimate of drug-likeness (QED) is 0.719. The molecule has 0 aromatic heterocycles. The Hall–Kier alpha value is -2.13. The standard InChI is InChI=1S/C10H8FNO4/c1-16-10(15)9(14)5-2-6(4-12)8(13)7(11)3-5/h2-3,9,13-14H,1H3. The van der Waals surface area contributed by atoms with Crippen LogP contribution in [0.5, 0.6) is 5.75 Å². The Balaban J connectivity index is 3.22. The van der Waals surface area contributed by atoms with Crippen LogP contribution in [0.1, 0.15) is 17.2 Å². The molecule has 6 heteroatoms. The summed E-state index contributed by atoms with van der Waals surface area (Å²) in [5.41, 5.74) is -0.517. The van der Waals surface area contributed by atoms with E-state index in [4.69, 9.17) is 10.4 Å². The molecule has 0 aliphatic rings. The average molecular weight is 225 g/mol. The van der Waals surface area contributed by atoms with Gasteiger partial charge in [0, 0.05) is 0 Å². The molecule has 84 valence electrons. The molecule has 0 amide bonds. The van der Waals surface area contributed by atoms with Crippen LogP contribution in [0.25, 0.3) is 0 Å². The summed E-state index contributed by atoms with van der Waals surface area (Å²) in [5.74, 6) is -2.88. The van der Waals surface area contributed by atoms with Gasteiger partial charge in [-0.15, -0.1) is 0 Å². The number of phenols is 1. The highest BCUT2D eigenvalue weighted by Crippen LogP contribution is 2.26. The normalized spacial score (nSPS) is 11.6. The molecule has 1 aromatic rings. The lowest BCUT2D eigenvalue weighted by Gasteiger charge is -2.09. The van der Waals surface area contributed by atoms with Crippen molar-refractivity contribution in [1.29, 1.82) is 5.26 Å². The number of hydrogen-bond acceptors (Lipinski definition) is 5. The van der Waals surface area contributed by atoms with E-state index >= 15 is 0 Å². The minimum atomic E-state index is -1.69. The van der Waals surface area contributed by atoms with Crippen LogP contribution in [0, 0.1) is 17.1 Å². The van der Waals surface area contributed by atoms with Crippen LogP contribution >= 0.6 is 0 Å². The number of aromatic hydroxyl groups is 1. The molecule has 0 heterocycles. The number of esters is 1. The molecule has 0 saturated heterocycles. The molecule has 16 heavy (non-hydrogen) atoms. The van der Waals surface area contributed by atoms with Crippen molar-refractivity contribution in [3.8, 4) is 11.8 Å². The molecule has 0 aliphatic carbocycles. The summed E-state index contributed by atoms with van der Waals surface area (Å²) in [6, 6.07) is 3.31. The third-order valence-electron chi connectivity index (χ3n) is 1.95. The maximum Gasteiger partial charge on any atom is 0.339 e. The Kier molecular flexibility index (Phi) is 3.43. The van der Waals surface area contributed by atoms with Gasteiger partial charge in [0.25, 0.3) is 0 Å². The minimum Gasteiger partial charge on any atom is -0.504 e. The summed E-state index contributed by atoms with van der Waals surface area (Å²) in [7, 11) is 1.06. The number of benzene rings is 1. The second kappa shape index (κ2) is 4.59. The molecule has 1 atom stereocenters.